The summed E-state index contributed by atoms with van der Waals surface area (Å²) in [5, 5.41) is 3.57. The first-order valence-electron chi connectivity index (χ1n) is 6.19. The molecule has 0 spiro atoms. The van der Waals surface area contributed by atoms with E-state index in [0.717, 1.165) is 12.8 Å². The summed E-state index contributed by atoms with van der Waals surface area (Å²) in [6.07, 6.45) is 2.22. The van der Waals surface area contributed by atoms with Crippen molar-refractivity contribution in [3.05, 3.63) is 71.1 Å². The van der Waals surface area contributed by atoms with Gasteiger partial charge in [0.25, 0.3) is 0 Å². The molecule has 1 heterocycles. The molecule has 1 atom stereocenters. The first-order chi connectivity index (χ1) is 8.86. The van der Waals surface area contributed by atoms with E-state index >= 15 is 0 Å². The predicted molar refractivity (Wildman–Crippen MR) is 73.8 cm³/mol. The lowest BCUT2D eigenvalue weighted by atomic mass is 9.93. The second-order valence-electron chi connectivity index (χ2n) is 4.60. The van der Waals surface area contributed by atoms with Crippen LogP contribution in [-0.2, 0) is 6.42 Å². The summed E-state index contributed by atoms with van der Waals surface area (Å²) < 4.78 is 0. The van der Waals surface area contributed by atoms with Crippen LogP contribution in [0.1, 0.15) is 23.6 Å². The molecule has 3 rings (SSSR count). The molecule has 2 aromatic rings. The number of hydrogen-bond donors (Lipinski definition) is 1. The van der Waals surface area contributed by atoms with E-state index in [0.29, 0.717) is 11.7 Å². The van der Waals surface area contributed by atoms with E-state index in [-0.39, 0.29) is 0 Å². The Hall–Kier alpha value is -2.27. The van der Waals surface area contributed by atoms with Gasteiger partial charge in [-0.15, -0.1) is 0 Å². The van der Waals surface area contributed by atoms with E-state index in [4.69, 9.17) is 6.57 Å². The standard InChI is InChI=1S/C16H14N2/c1-17-14-9-6-13(7-10-14)16-11-8-12-4-2-3-5-15(12)18-16/h2-7,9-10,16,18H,8,11H2. The van der Waals surface area contributed by atoms with Gasteiger partial charge in [0, 0.05) is 5.69 Å². The monoisotopic (exact) mass is 234 g/mol. The molecule has 0 saturated heterocycles. The van der Waals surface area contributed by atoms with Crippen molar-refractivity contribution in [2.75, 3.05) is 5.32 Å². The van der Waals surface area contributed by atoms with Crippen LogP contribution in [0.25, 0.3) is 4.85 Å². The lowest BCUT2D eigenvalue weighted by Crippen LogP contribution is -2.17. The molecule has 1 N–H and O–H groups in total. The van der Waals surface area contributed by atoms with Gasteiger partial charge in [0.1, 0.15) is 0 Å². The maximum Gasteiger partial charge on any atom is 0.187 e. The van der Waals surface area contributed by atoms with E-state index in [9.17, 15) is 0 Å². The van der Waals surface area contributed by atoms with Crippen molar-refractivity contribution >= 4 is 11.4 Å². The Morgan fingerprint density at radius 1 is 1.06 bits per heavy atom. The minimum Gasteiger partial charge on any atom is -0.378 e. The van der Waals surface area contributed by atoms with Gasteiger partial charge in [-0.3, -0.25) is 0 Å². The molecule has 1 aliphatic rings. The highest BCUT2D eigenvalue weighted by Gasteiger charge is 2.18. The molecule has 0 saturated carbocycles. The van der Waals surface area contributed by atoms with Gasteiger partial charge in [-0.25, -0.2) is 4.85 Å². The Kier molecular flexibility index (Phi) is 2.74. The first-order valence-corrected chi connectivity index (χ1v) is 6.19. The highest BCUT2D eigenvalue weighted by Crippen LogP contribution is 2.32. The van der Waals surface area contributed by atoms with Gasteiger partial charge in [-0.05, 0) is 30.0 Å². The Bertz CT molecular complexity index is 593. The lowest BCUT2D eigenvalue weighted by molar-refractivity contribution is 0.668. The van der Waals surface area contributed by atoms with Crippen molar-refractivity contribution in [2.24, 2.45) is 0 Å². The third-order valence-corrected chi connectivity index (χ3v) is 3.47. The van der Waals surface area contributed by atoms with Crippen LogP contribution in [0.3, 0.4) is 0 Å². The molecule has 0 fully saturated rings. The molecule has 0 aliphatic carbocycles. The van der Waals surface area contributed by atoms with E-state index in [1.165, 1.54) is 16.8 Å². The zero-order chi connectivity index (χ0) is 12.4. The van der Waals surface area contributed by atoms with Crippen LogP contribution in [0.4, 0.5) is 11.4 Å². The molecule has 0 bridgehead atoms. The average Bonchev–Trinajstić information content (AvgIpc) is 2.47. The summed E-state index contributed by atoms with van der Waals surface area (Å²) in [6, 6.07) is 16.7. The second-order valence-corrected chi connectivity index (χ2v) is 4.60. The number of aryl methyl sites for hydroxylation is 1. The smallest absolute Gasteiger partial charge is 0.187 e. The molecule has 2 aromatic carbocycles. The number of hydrogen-bond acceptors (Lipinski definition) is 1. The maximum absolute atomic E-state index is 6.96. The summed E-state index contributed by atoms with van der Waals surface area (Å²) in [4.78, 5) is 3.42. The van der Waals surface area contributed by atoms with E-state index in [1.54, 1.807) is 0 Å². The van der Waals surface area contributed by atoms with Gasteiger partial charge < -0.3 is 5.32 Å². The molecule has 2 nitrogen and oxygen atoms in total. The Labute approximate surface area is 107 Å². The molecule has 0 radical (unpaired) electrons. The molecule has 18 heavy (non-hydrogen) atoms. The minimum atomic E-state index is 0.361. The Balaban J connectivity index is 1.85. The number of nitrogens with one attached hydrogen (secondary N) is 1. The normalized spacial score (nSPS) is 17.4. The van der Waals surface area contributed by atoms with Crippen molar-refractivity contribution in [2.45, 2.75) is 18.9 Å². The van der Waals surface area contributed by atoms with E-state index in [1.807, 2.05) is 12.1 Å². The fourth-order valence-electron chi connectivity index (χ4n) is 2.47. The van der Waals surface area contributed by atoms with E-state index < -0.39 is 0 Å². The Morgan fingerprint density at radius 2 is 1.83 bits per heavy atom. The largest absolute Gasteiger partial charge is 0.378 e. The molecular formula is C16H14N2. The van der Waals surface area contributed by atoms with Crippen molar-refractivity contribution in [1.82, 2.24) is 0 Å². The molecule has 1 aliphatic heterocycles. The Morgan fingerprint density at radius 3 is 2.61 bits per heavy atom. The topological polar surface area (TPSA) is 16.4 Å². The van der Waals surface area contributed by atoms with Crippen LogP contribution in [0.5, 0.6) is 0 Å². The molecule has 88 valence electrons. The van der Waals surface area contributed by atoms with Crippen LogP contribution >= 0.6 is 0 Å². The molecule has 0 amide bonds. The number of benzene rings is 2. The van der Waals surface area contributed by atoms with Crippen molar-refractivity contribution < 1.29 is 0 Å². The third-order valence-electron chi connectivity index (χ3n) is 3.47. The quantitative estimate of drug-likeness (QED) is 0.726. The summed E-state index contributed by atoms with van der Waals surface area (Å²) in [5.41, 5.74) is 4.60. The van der Waals surface area contributed by atoms with Crippen molar-refractivity contribution in [3.63, 3.8) is 0 Å². The van der Waals surface area contributed by atoms with E-state index in [2.05, 4.69) is 46.6 Å². The van der Waals surface area contributed by atoms with Crippen LogP contribution < -0.4 is 5.32 Å². The fraction of sp³-hybridized carbons (Fsp3) is 0.188. The zero-order valence-electron chi connectivity index (χ0n) is 10.1. The number of rotatable bonds is 1. The summed E-state index contributed by atoms with van der Waals surface area (Å²) >= 11 is 0. The zero-order valence-corrected chi connectivity index (χ0v) is 10.1. The van der Waals surface area contributed by atoms with Gasteiger partial charge >= 0.3 is 0 Å². The minimum absolute atomic E-state index is 0.361. The molecule has 0 aromatic heterocycles. The van der Waals surface area contributed by atoms with Gasteiger partial charge in [-0.2, -0.15) is 0 Å². The summed E-state index contributed by atoms with van der Waals surface area (Å²) in [7, 11) is 0. The van der Waals surface area contributed by atoms with Crippen LogP contribution in [0.2, 0.25) is 0 Å². The summed E-state index contributed by atoms with van der Waals surface area (Å²) in [6.45, 7) is 6.96. The van der Waals surface area contributed by atoms with Gasteiger partial charge in [0.05, 0.1) is 12.6 Å². The first kappa shape index (κ1) is 10.9. The number of nitrogens with zero attached hydrogens (tertiary/aromatic N) is 1. The molecular weight excluding hydrogens is 220 g/mol. The number of fused-ring (bicyclic) bond motifs is 1. The second kappa shape index (κ2) is 4.54. The fourth-order valence-corrected chi connectivity index (χ4v) is 2.47. The number of anilines is 1. The third kappa shape index (κ3) is 1.96. The highest BCUT2D eigenvalue weighted by molar-refractivity contribution is 5.55. The van der Waals surface area contributed by atoms with Gasteiger partial charge in [-0.1, -0.05) is 42.5 Å². The van der Waals surface area contributed by atoms with Gasteiger partial charge in [0.2, 0.25) is 0 Å². The molecule has 1 unspecified atom stereocenters. The van der Waals surface area contributed by atoms with Crippen molar-refractivity contribution in [1.29, 1.82) is 0 Å². The van der Waals surface area contributed by atoms with Crippen LogP contribution in [0, 0.1) is 6.57 Å². The lowest BCUT2D eigenvalue weighted by Gasteiger charge is -2.27. The molecule has 2 heteroatoms. The maximum atomic E-state index is 6.96. The number of para-hydroxylation sites is 1. The van der Waals surface area contributed by atoms with Crippen LogP contribution in [-0.4, -0.2) is 0 Å². The van der Waals surface area contributed by atoms with Gasteiger partial charge in [0.15, 0.2) is 5.69 Å². The summed E-state index contributed by atoms with van der Waals surface area (Å²) in [5.74, 6) is 0. The highest BCUT2D eigenvalue weighted by atomic mass is 14.9. The SMILES string of the molecule is [C-]#[N+]c1ccc(C2CCc3ccccc3N2)cc1. The van der Waals surface area contributed by atoms with Crippen LogP contribution in [0.15, 0.2) is 48.5 Å². The van der Waals surface area contributed by atoms with Crippen molar-refractivity contribution in [3.8, 4) is 0 Å². The predicted octanol–water partition coefficient (Wildman–Crippen LogP) is 4.34. The average molecular weight is 234 g/mol.